The van der Waals surface area contributed by atoms with Crippen molar-refractivity contribution in [3.63, 3.8) is 0 Å². The molecule has 0 fully saturated rings. The minimum Gasteiger partial charge on any atom is -0.507 e. The highest BCUT2D eigenvalue weighted by atomic mass is 16.7. The van der Waals surface area contributed by atoms with Gasteiger partial charge in [-0.3, -0.25) is 0 Å². The standard InChI is InChI=1S/C13H14O4/c1-15-8-17-12-5-3-4-9-10(14)6-7-11(16-2)13(9)12/h3-7,14H,8H2,1-2H3. The van der Waals surface area contributed by atoms with Crippen LogP contribution in [-0.2, 0) is 4.74 Å². The van der Waals surface area contributed by atoms with Gasteiger partial charge in [0.15, 0.2) is 6.79 Å². The number of fused-ring (bicyclic) bond motifs is 1. The minimum absolute atomic E-state index is 0.151. The third-order valence-corrected chi connectivity index (χ3v) is 2.49. The fraction of sp³-hybridized carbons (Fsp3) is 0.231. The van der Waals surface area contributed by atoms with E-state index in [1.807, 2.05) is 18.2 Å². The molecule has 0 spiro atoms. The van der Waals surface area contributed by atoms with E-state index in [1.165, 1.54) is 0 Å². The van der Waals surface area contributed by atoms with Crippen LogP contribution in [0.5, 0.6) is 17.2 Å². The molecule has 17 heavy (non-hydrogen) atoms. The van der Waals surface area contributed by atoms with Gasteiger partial charge in [0.1, 0.15) is 17.2 Å². The highest BCUT2D eigenvalue weighted by molar-refractivity contribution is 5.97. The smallest absolute Gasteiger partial charge is 0.188 e. The van der Waals surface area contributed by atoms with Gasteiger partial charge in [0.2, 0.25) is 0 Å². The molecule has 90 valence electrons. The molecular formula is C13H14O4. The largest absolute Gasteiger partial charge is 0.507 e. The van der Waals surface area contributed by atoms with E-state index in [4.69, 9.17) is 14.2 Å². The zero-order valence-corrected chi connectivity index (χ0v) is 9.77. The van der Waals surface area contributed by atoms with E-state index in [9.17, 15) is 5.11 Å². The first-order valence-corrected chi connectivity index (χ1v) is 5.18. The number of ether oxygens (including phenoxy) is 3. The van der Waals surface area contributed by atoms with Gasteiger partial charge in [0.05, 0.1) is 12.5 Å². The van der Waals surface area contributed by atoms with Crippen molar-refractivity contribution in [2.75, 3.05) is 21.0 Å². The van der Waals surface area contributed by atoms with Crippen molar-refractivity contribution in [2.24, 2.45) is 0 Å². The van der Waals surface area contributed by atoms with Gasteiger partial charge in [-0.25, -0.2) is 0 Å². The van der Waals surface area contributed by atoms with Crippen molar-refractivity contribution in [1.82, 2.24) is 0 Å². The first-order valence-electron chi connectivity index (χ1n) is 5.18. The summed E-state index contributed by atoms with van der Waals surface area (Å²) in [4.78, 5) is 0. The van der Waals surface area contributed by atoms with Crippen LogP contribution in [0, 0.1) is 0 Å². The normalized spacial score (nSPS) is 10.5. The monoisotopic (exact) mass is 234 g/mol. The molecule has 0 saturated carbocycles. The molecule has 2 rings (SSSR count). The molecule has 4 heteroatoms. The second-order valence-corrected chi connectivity index (χ2v) is 3.52. The van der Waals surface area contributed by atoms with Crippen molar-refractivity contribution < 1.29 is 19.3 Å². The highest BCUT2D eigenvalue weighted by Crippen LogP contribution is 2.38. The highest BCUT2D eigenvalue weighted by Gasteiger charge is 2.11. The van der Waals surface area contributed by atoms with E-state index < -0.39 is 0 Å². The molecule has 0 aliphatic heterocycles. The Morgan fingerprint density at radius 3 is 2.59 bits per heavy atom. The van der Waals surface area contributed by atoms with Crippen LogP contribution in [0.4, 0.5) is 0 Å². The predicted molar refractivity (Wildman–Crippen MR) is 64.7 cm³/mol. The van der Waals surface area contributed by atoms with Gasteiger partial charge < -0.3 is 19.3 Å². The Balaban J connectivity index is 2.63. The van der Waals surface area contributed by atoms with Gasteiger partial charge >= 0.3 is 0 Å². The van der Waals surface area contributed by atoms with Crippen LogP contribution >= 0.6 is 0 Å². The molecule has 0 bridgehead atoms. The Bertz CT molecular complexity index is 522. The number of rotatable bonds is 4. The maximum Gasteiger partial charge on any atom is 0.188 e. The van der Waals surface area contributed by atoms with Crippen molar-refractivity contribution in [1.29, 1.82) is 0 Å². The van der Waals surface area contributed by atoms with Crippen LogP contribution in [0.15, 0.2) is 30.3 Å². The summed E-state index contributed by atoms with van der Waals surface area (Å²) in [6.45, 7) is 0.151. The van der Waals surface area contributed by atoms with E-state index in [-0.39, 0.29) is 12.5 Å². The Morgan fingerprint density at radius 1 is 1.06 bits per heavy atom. The van der Waals surface area contributed by atoms with E-state index in [2.05, 4.69) is 0 Å². The summed E-state index contributed by atoms with van der Waals surface area (Å²) in [6, 6.07) is 8.74. The van der Waals surface area contributed by atoms with E-state index in [0.717, 1.165) is 5.39 Å². The number of phenolic OH excluding ortho intramolecular Hbond substituents is 1. The molecule has 0 aliphatic carbocycles. The van der Waals surface area contributed by atoms with Gasteiger partial charge in [-0.1, -0.05) is 12.1 Å². The summed E-state index contributed by atoms with van der Waals surface area (Å²) >= 11 is 0. The molecule has 0 aromatic heterocycles. The Labute approximate surface area is 99.3 Å². The summed E-state index contributed by atoms with van der Waals surface area (Å²) in [5.74, 6) is 1.48. The van der Waals surface area contributed by atoms with Crippen LogP contribution in [0.1, 0.15) is 0 Å². The molecule has 0 heterocycles. The quantitative estimate of drug-likeness (QED) is 0.826. The van der Waals surface area contributed by atoms with Crippen LogP contribution < -0.4 is 9.47 Å². The molecule has 0 amide bonds. The maximum atomic E-state index is 9.80. The lowest BCUT2D eigenvalue weighted by molar-refractivity contribution is 0.0521. The molecule has 0 saturated heterocycles. The fourth-order valence-corrected chi connectivity index (χ4v) is 1.74. The summed E-state index contributed by atoms with van der Waals surface area (Å²) in [6.07, 6.45) is 0. The Hall–Kier alpha value is -1.94. The van der Waals surface area contributed by atoms with Crippen LogP contribution in [-0.4, -0.2) is 26.1 Å². The molecule has 0 aliphatic rings. The van der Waals surface area contributed by atoms with Gasteiger partial charge in [0.25, 0.3) is 0 Å². The zero-order chi connectivity index (χ0) is 12.3. The molecule has 0 radical (unpaired) electrons. The topological polar surface area (TPSA) is 47.9 Å². The second-order valence-electron chi connectivity index (χ2n) is 3.52. The summed E-state index contributed by atoms with van der Waals surface area (Å²) < 4.78 is 15.6. The molecule has 2 aromatic carbocycles. The molecular weight excluding hydrogens is 220 g/mol. The van der Waals surface area contributed by atoms with E-state index in [0.29, 0.717) is 16.9 Å². The van der Waals surface area contributed by atoms with Crippen LogP contribution in [0.25, 0.3) is 10.8 Å². The van der Waals surface area contributed by atoms with Crippen molar-refractivity contribution in [3.05, 3.63) is 30.3 Å². The number of aromatic hydroxyl groups is 1. The van der Waals surface area contributed by atoms with E-state index >= 15 is 0 Å². The molecule has 2 aromatic rings. The lowest BCUT2D eigenvalue weighted by Gasteiger charge is -2.12. The predicted octanol–water partition coefficient (Wildman–Crippen LogP) is 2.54. The summed E-state index contributed by atoms with van der Waals surface area (Å²) in [7, 11) is 3.14. The van der Waals surface area contributed by atoms with Crippen molar-refractivity contribution in [3.8, 4) is 17.2 Å². The third kappa shape index (κ3) is 2.12. The average molecular weight is 234 g/mol. The summed E-state index contributed by atoms with van der Waals surface area (Å²) in [5, 5.41) is 11.2. The zero-order valence-electron chi connectivity index (χ0n) is 9.77. The van der Waals surface area contributed by atoms with Gasteiger partial charge in [-0.15, -0.1) is 0 Å². The average Bonchev–Trinajstić information content (AvgIpc) is 2.37. The third-order valence-electron chi connectivity index (χ3n) is 2.49. The molecule has 0 atom stereocenters. The van der Waals surface area contributed by atoms with Crippen molar-refractivity contribution in [2.45, 2.75) is 0 Å². The lowest BCUT2D eigenvalue weighted by Crippen LogP contribution is -2.00. The van der Waals surface area contributed by atoms with Gasteiger partial charge in [0, 0.05) is 12.5 Å². The first kappa shape index (κ1) is 11.5. The van der Waals surface area contributed by atoms with E-state index in [1.54, 1.807) is 26.4 Å². The number of hydrogen-bond donors (Lipinski definition) is 1. The molecule has 1 N–H and O–H groups in total. The number of benzene rings is 2. The van der Waals surface area contributed by atoms with Gasteiger partial charge in [-0.05, 0) is 18.2 Å². The maximum absolute atomic E-state index is 9.80. The van der Waals surface area contributed by atoms with Gasteiger partial charge in [-0.2, -0.15) is 0 Å². The number of phenols is 1. The Morgan fingerprint density at radius 2 is 1.88 bits per heavy atom. The lowest BCUT2D eigenvalue weighted by atomic mass is 10.1. The fourth-order valence-electron chi connectivity index (χ4n) is 1.74. The molecule has 0 unspecified atom stereocenters. The SMILES string of the molecule is COCOc1cccc2c(O)ccc(OC)c12. The summed E-state index contributed by atoms with van der Waals surface area (Å²) in [5.41, 5.74) is 0. The Kier molecular flexibility index (Phi) is 3.35. The molecule has 4 nitrogen and oxygen atoms in total. The number of hydrogen-bond acceptors (Lipinski definition) is 4. The number of methoxy groups -OCH3 is 2. The minimum atomic E-state index is 0.151. The van der Waals surface area contributed by atoms with Crippen LogP contribution in [0.3, 0.4) is 0 Å². The van der Waals surface area contributed by atoms with Crippen molar-refractivity contribution >= 4 is 10.8 Å². The second kappa shape index (κ2) is 4.93. The first-order chi connectivity index (χ1) is 8.27. The van der Waals surface area contributed by atoms with Crippen LogP contribution in [0.2, 0.25) is 0 Å².